The van der Waals surface area contributed by atoms with Crippen LogP contribution in [0.15, 0.2) is 167 Å². The monoisotopic (exact) mass is 1440 g/mol. The molecule has 0 saturated heterocycles. The molecule has 21 nitrogen and oxygen atoms in total. The number of ether oxygens (including phenoxy) is 6. The molecule has 8 aromatic carbocycles. The summed E-state index contributed by atoms with van der Waals surface area (Å²) >= 11 is 6.80. The van der Waals surface area contributed by atoms with Crippen LogP contribution in [0.4, 0.5) is 17.1 Å². The Bertz CT molecular complexity index is 4210. The first-order valence-electron chi connectivity index (χ1n) is 31.0. The zero-order chi connectivity index (χ0) is 68.6. The van der Waals surface area contributed by atoms with Gasteiger partial charge >= 0.3 is 7.69 Å². The highest BCUT2D eigenvalue weighted by molar-refractivity contribution is 9.10. The van der Waals surface area contributed by atoms with Crippen molar-refractivity contribution >= 4 is 86.1 Å². The maximum atomic E-state index is 13.4. The molecular weight excluding hydrogens is 1370 g/mol. The van der Waals surface area contributed by atoms with Crippen molar-refractivity contribution in [2.24, 2.45) is 0 Å². The van der Waals surface area contributed by atoms with E-state index in [1.807, 2.05) is 84.9 Å². The molecule has 3 heterocycles. The van der Waals surface area contributed by atoms with Crippen molar-refractivity contribution in [3.63, 3.8) is 0 Å². The van der Waals surface area contributed by atoms with E-state index < -0.39 is 16.2 Å². The van der Waals surface area contributed by atoms with Crippen LogP contribution in [0.3, 0.4) is 0 Å². The number of nitrogens with one attached hydrogen (secondary N) is 3. The molecule has 0 spiro atoms. The number of carbonyl (C=O) groups is 5. The highest BCUT2D eigenvalue weighted by Crippen LogP contribution is 2.54. The number of hydrogen-bond donors (Lipinski definition) is 6. The van der Waals surface area contributed by atoms with Gasteiger partial charge in [0.25, 0.3) is 11.8 Å². The van der Waals surface area contributed by atoms with Gasteiger partial charge < -0.3 is 74.1 Å². The summed E-state index contributed by atoms with van der Waals surface area (Å²) in [6, 6.07) is 49.4. The minimum Gasteiger partial charge on any atom is -0.537 e. The van der Waals surface area contributed by atoms with Gasteiger partial charge in [-0.15, -0.1) is 0 Å². The Balaban J connectivity index is 0.000000137. The third kappa shape index (κ3) is 15.4. The number of fused-ring (bicyclic) bond motifs is 3. The Morgan fingerprint density at radius 2 is 0.835 bits per heavy atom. The fourth-order valence-corrected chi connectivity index (χ4v) is 12.4. The summed E-state index contributed by atoms with van der Waals surface area (Å²) in [5.41, 5.74) is 8.63. The first-order valence-corrected chi connectivity index (χ1v) is 32.6. The lowest BCUT2D eigenvalue weighted by Crippen LogP contribution is -2.27. The van der Waals surface area contributed by atoms with Gasteiger partial charge in [-0.1, -0.05) is 80.4 Å². The number of aliphatic hydroxyl groups excluding tert-OH is 2. The minimum absolute atomic E-state index is 0.0231. The number of anilines is 3. The SMILES string of the molecule is CN(C)C(=O)c1ccc(-c2cc(NC(=O)C3(c4ccc5c(c4)OCO5)CC3)ccc2CC#N)cc1.CN(C)C(=O)c1ccc(O[B]O)cc1.O=C(Nc1ccc(CO)c(Br)c1)C1(c2ccc3c(c2)OCO3)CC1.O=C(Nc1ccc(CO)c(Br)c1)C1(c2ccc3c(c2)OCO3)CC1. The molecule has 6 N–H and O–H groups in total. The van der Waals surface area contributed by atoms with Crippen molar-refractivity contribution < 1.29 is 72.3 Å². The zero-order valence-electron chi connectivity index (χ0n) is 53.4. The molecule has 6 aliphatic rings. The molecule has 0 atom stereocenters. The fraction of sp³-hybridized carbons (Fsp3) is 0.260. The molecule has 3 aliphatic carbocycles. The van der Waals surface area contributed by atoms with Gasteiger partial charge in [-0.2, -0.15) is 5.26 Å². The highest BCUT2D eigenvalue weighted by Gasteiger charge is 2.54. The predicted octanol–water partition coefficient (Wildman–Crippen LogP) is 11.5. The summed E-state index contributed by atoms with van der Waals surface area (Å²) in [7, 11) is 7.40. The summed E-state index contributed by atoms with van der Waals surface area (Å²) in [5.74, 6) is 4.43. The summed E-state index contributed by atoms with van der Waals surface area (Å²) in [6.07, 6.45) is 5.02. The molecule has 5 amide bonds. The quantitative estimate of drug-likeness (QED) is 0.0462. The van der Waals surface area contributed by atoms with E-state index in [0.29, 0.717) is 64.6 Å². The van der Waals surface area contributed by atoms with Gasteiger partial charge in [0.15, 0.2) is 34.5 Å². The highest BCUT2D eigenvalue weighted by atomic mass is 79.9. The van der Waals surface area contributed by atoms with Crippen molar-refractivity contribution in [3.05, 3.63) is 211 Å². The summed E-state index contributed by atoms with van der Waals surface area (Å²) in [5, 5.41) is 45.1. The number of nitrogens with zero attached hydrogens (tertiary/aromatic N) is 3. The number of halogens is 2. The maximum absolute atomic E-state index is 13.4. The van der Waals surface area contributed by atoms with Crippen LogP contribution in [0, 0.1) is 11.3 Å². The molecule has 0 bridgehead atoms. The van der Waals surface area contributed by atoms with Crippen molar-refractivity contribution in [3.8, 4) is 57.4 Å². The van der Waals surface area contributed by atoms with E-state index in [9.17, 15) is 39.4 Å². The maximum Gasteiger partial charge on any atom is 0.569 e. The van der Waals surface area contributed by atoms with E-state index in [-0.39, 0.29) is 69.5 Å². The van der Waals surface area contributed by atoms with Crippen LogP contribution in [0.1, 0.15) is 92.6 Å². The van der Waals surface area contributed by atoms with Gasteiger partial charge in [0, 0.05) is 65.3 Å². The molecule has 0 unspecified atom stereocenters. The molecule has 14 rings (SSSR count). The molecule has 3 fully saturated rings. The van der Waals surface area contributed by atoms with Gasteiger partial charge in [-0.25, -0.2) is 0 Å². The number of benzene rings is 8. The average molecular weight is 1440 g/mol. The Labute approximate surface area is 577 Å². The third-order valence-electron chi connectivity index (χ3n) is 17.5. The average Bonchev–Trinajstić information content (AvgIpc) is 1.61. The van der Waals surface area contributed by atoms with E-state index in [1.165, 1.54) is 9.80 Å². The Hall–Kier alpha value is -9.90. The number of hydrogen-bond acceptors (Lipinski definition) is 16. The van der Waals surface area contributed by atoms with E-state index >= 15 is 0 Å². The second-order valence-electron chi connectivity index (χ2n) is 24.2. The molecule has 1 radical (unpaired) electrons. The molecule has 497 valence electrons. The van der Waals surface area contributed by atoms with E-state index in [1.54, 1.807) is 101 Å². The van der Waals surface area contributed by atoms with Crippen LogP contribution >= 0.6 is 31.9 Å². The molecule has 97 heavy (non-hydrogen) atoms. The van der Waals surface area contributed by atoms with Crippen molar-refractivity contribution in [1.82, 2.24) is 9.80 Å². The largest absolute Gasteiger partial charge is 0.569 e. The van der Waals surface area contributed by atoms with Gasteiger partial charge in [0.1, 0.15) is 5.75 Å². The van der Waals surface area contributed by atoms with E-state index in [4.69, 9.17) is 38.1 Å². The Kier molecular flexibility index (Phi) is 20.9. The van der Waals surface area contributed by atoms with Crippen LogP contribution in [-0.4, -0.2) is 111 Å². The Morgan fingerprint density at radius 3 is 1.16 bits per heavy atom. The number of aliphatic hydroxyl groups is 2. The molecule has 0 aromatic heterocycles. The van der Waals surface area contributed by atoms with Gasteiger partial charge in [0.2, 0.25) is 38.1 Å². The topological polar surface area (TPSA) is 277 Å². The smallest absolute Gasteiger partial charge is 0.537 e. The molecular formula is C73H68BBr2N6O15. The molecule has 24 heteroatoms. The standard InChI is InChI=1S/C28H25N3O4.2C18H16BrNO4.C9H11BNO3/c1-31(2)26(32)20-5-3-18(4-6-20)23-16-22(9-7-19(23)11-14-29)30-27(33)28(12-13-28)21-8-10-24-25(15-21)35-17-34-24;2*19-14-8-13(3-1-11(14)9-21)20-17(22)18(5-6-18)12-2-4-15-16(7-12)24-10-23-15;1-11(2)9(12)7-3-5-8(6-4-7)14-10-13/h3-10,15-16H,11-13,17H2,1-2H3,(H,30,33);2*1-4,7-8,21H,5-6,9-10H2,(H,20,22);3-6,13H,1-2H3. The first-order chi connectivity index (χ1) is 46.8. The lowest BCUT2D eigenvalue weighted by Gasteiger charge is -2.18. The zero-order valence-corrected chi connectivity index (χ0v) is 56.6. The number of rotatable bonds is 17. The predicted molar refractivity (Wildman–Crippen MR) is 369 cm³/mol. The minimum atomic E-state index is -0.583. The van der Waals surface area contributed by atoms with Crippen LogP contribution in [0.5, 0.6) is 40.2 Å². The lowest BCUT2D eigenvalue weighted by atomic mass is 9.93. The second kappa shape index (κ2) is 29.6. The molecule has 8 aromatic rings. The fourth-order valence-electron chi connectivity index (χ4n) is 11.4. The Morgan fingerprint density at radius 1 is 0.485 bits per heavy atom. The molecule has 3 saturated carbocycles. The van der Waals surface area contributed by atoms with Gasteiger partial charge in [-0.05, 0) is 192 Å². The normalized spacial score (nSPS) is 14.9. The third-order valence-corrected chi connectivity index (χ3v) is 19.0. The lowest BCUT2D eigenvalue weighted by molar-refractivity contribution is -0.119. The number of amides is 5. The number of nitriles is 1. The van der Waals surface area contributed by atoms with Gasteiger partial charge in [-0.3, -0.25) is 24.0 Å². The first kappa shape index (κ1) is 68.5. The van der Waals surface area contributed by atoms with Crippen LogP contribution < -0.4 is 49.0 Å². The summed E-state index contributed by atoms with van der Waals surface area (Å²) < 4.78 is 38.6. The number of carbonyl (C=O) groups excluding carboxylic acids is 5. The van der Waals surface area contributed by atoms with E-state index in [0.717, 1.165) is 103 Å². The second-order valence-corrected chi connectivity index (χ2v) is 25.9. The molecule has 3 aliphatic heterocycles. The summed E-state index contributed by atoms with van der Waals surface area (Å²) in [6.45, 7) is 0.554. The van der Waals surface area contributed by atoms with Crippen LogP contribution in [0.2, 0.25) is 0 Å². The summed E-state index contributed by atoms with van der Waals surface area (Å²) in [4.78, 5) is 65.7. The van der Waals surface area contributed by atoms with E-state index in [2.05, 4.69) is 53.9 Å². The van der Waals surface area contributed by atoms with Crippen LogP contribution in [-0.2, 0) is 50.3 Å². The van der Waals surface area contributed by atoms with Crippen molar-refractivity contribution in [2.45, 2.75) is 74.4 Å². The van der Waals surface area contributed by atoms with Crippen molar-refractivity contribution in [1.29, 1.82) is 5.26 Å². The van der Waals surface area contributed by atoms with Gasteiger partial charge in [0.05, 0.1) is 41.9 Å². The van der Waals surface area contributed by atoms with Crippen molar-refractivity contribution in [2.75, 3.05) is 64.5 Å². The van der Waals surface area contributed by atoms with Crippen LogP contribution in [0.25, 0.3) is 11.1 Å².